The molecule has 1 aromatic heterocycles. The largest absolute Gasteiger partial charge is 0.497 e. The number of halogens is 2. The van der Waals surface area contributed by atoms with Gasteiger partial charge in [-0.3, -0.25) is 0 Å². The number of carbonyl (C=O) groups excluding carboxylic acids is 1. The first-order chi connectivity index (χ1) is 14.0. The van der Waals surface area contributed by atoms with Gasteiger partial charge in [-0.05, 0) is 30.3 Å². The van der Waals surface area contributed by atoms with Crippen LogP contribution in [0.2, 0.25) is 0 Å². The molecule has 152 valence electrons. The van der Waals surface area contributed by atoms with Gasteiger partial charge in [-0.25, -0.2) is 4.79 Å². The lowest BCUT2D eigenvalue weighted by Crippen LogP contribution is -2.07. The lowest BCUT2D eigenvalue weighted by atomic mass is 10.2. The molecule has 3 rings (SSSR count). The van der Waals surface area contributed by atoms with E-state index in [1.165, 1.54) is 25.3 Å². The van der Waals surface area contributed by atoms with Crippen molar-refractivity contribution in [3.05, 3.63) is 53.9 Å². The maximum Gasteiger partial charge on any atom is 0.387 e. The van der Waals surface area contributed by atoms with Crippen LogP contribution in [0.5, 0.6) is 17.2 Å². The standard InChI is InChI=1S/C19H16F2N2O6/c1-25-13-5-3-4-11(8-13)17-22-16(29-23-17)10-27-18(24)12-6-7-14(28-19(20)21)15(9-12)26-2/h3-9,19H,10H2,1-2H3. The molecule has 0 unspecified atom stereocenters. The van der Waals surface area contributed by atoms with E-state index in [1.54, 1.807) is 31.4 Å². The molecule has 0 amide bonds. The monoisotopic (exact) mass is 406 g/mol. The molecule has 0 radical (unpaired) electrons. The lowest BCUT2D eigenvalue weighted by molar-refractivity contribution is -0.0512. The van der Waals surface area contributed by atoms with Gasteiger partial charge in [0.2, 0.25) is 5.82 Å². The molecule has 0 saturated carbocycles. The third-order valence-electron chi connectivity index (χ3n) is 3.74. The van der Waals surface area contributed by atoms with Crippen molar-refractivity contribution in [2.24, 2.45) is 0 Å². The molecule has 0 fully saturated rings. The van der Waals surface area contributed by atoms with E-state index in [4.69, 9.17) is 18.7 Å². The fourth-order valence-electron chi connectivity index (χ4n) is 2.39. The van der Waals surface area contributed by atoms with Crippen LogP contribution in [-0.2, 0) is 11.3 Å². The molecule has 29 heavy (non-hydrogen) atoms. The molecule has 0 aliphatic carbocycles. The molecule has 0 aliphatic rings. The second-order valence-electron chi connectivity index (χ2n) is 5.56. The highest BCUT2D eigenvalue weighted by atomic mass is 19.3. The molecular formula is C19H16F2N2O6. The highest BCUT2D eigenvalue weighted by Gasteiger charge is 2.17. The number of hydrogen-bond donors (Lipinski definition) is 0. The van der Waals surface area contributed by atoms with Gasteiger partial charge in [0.15, 0.2) is 18.1 Å². The van der Waals surface area contributed by atoms with E-state index in [0.29, 0.717) is 17.1 Å². The Labute approximate surface area is 164 Å². The summed E-state index contributed by atoms with van der Waals surface area (Å²) in [6, 6.07) is 10.8. The molecule has 1 heterocycles. The minimum atomic E-state index is -3.02. The van der Waals surface area contributed by atoms with Crippen molar-refractivity contribution >= 4 is 5.97 Å². The smallest absolute Gasteiger partial charge is 0.387 e. The zero-order valence-electron chi connectivity index (χ0n) is 15.4. The summed E-state index contributed by atoms with van der Waals surface area (Å²) in [4.78, 5) is 16.4. The highest BCUT2D eigenvalue weighted by molar-refractivity contribution is 5.90. The first kappa shape index (κ1) is 20.1. The molecule has 0 atom stereocenters. The van der Waals surface area contributed by atoms with Gasteiger partial charge in [-0.2, -0.15) is 13.8 Å². The van der Waals surface area contributed by atoms with Gasteiger partial charge in [0.25, 0.3) is 5.89 Å². The van der Waals surface area contributed by atoms with Gasteiger partial charge in [-0.15, -0.1) is 0 Å². The van der Waals surface area contributed by atoms with Gasteiger partial charge >= 0.3 is 12.6 Å². The van der Waals surface area contributed by atoms with Crippen LogP contribution in [0.25, 0.3) is 11.4 Å². The number of alkyl halides is 2. The fourth-order valence-corrected chi connectivity index (χ4v) is 2.39. The first-order valence-corrected chi connectivity index (χ1v) is 8.27. The molecule has 0 aliphatic heterocycles. The Hall–Kier alpha value is -3.69. The van der Waals surface area contributed by atoms with Crippen LogP contribution in [0.15, 0.2) is 47.0 Å². The van der Waals surface area contributed by atoms with E-state index >= 15 is 0 Å². The lowest BCUT2D eigenvalue weighted by Gasteiger charge is -2.10. The predicted molar refractivity (Wildman–Crippen MR) is 95.0 cm³/mol. The van der Waals surface area contributed by atoms with Crippen LogP contribution in [0, 0.1) is 0 Å². The zero-order valence-corrected chi connectivity index (χ0v) is 15.4. The summed E-state index contributed by atoms with van der Waals surface area (Å²) in [6.07, 6.45) is 0. The maximum atomic E-state index is 12.4. The number of esters is 1. The number of benzene rings is 2. The summed E-state index contributed by atoms with van der Waals surface area (Å²) in [5, 5.41) is 3.84. The Morgan fingerprint density at radius 2 is 1.93 bits per heavy atom. The summed E-state index contributed by atoms with van der Waals surface area (Å²) in [6.45, 7) is -3.29. The summed E-state index contributed by atoms with van der Waals surface area (Å²) in [7, 11) is 2.81. The number of methoxy groups -OCH3 is 2. The van der Waals surface area contributed by atoms with Crippen LogP contribution in [0.1, 0.15) is 16.2 Å². The number of hydrogen-bond acceptors (Lipinski definition) is 8. The van der Waals surface area contributed by atoms with E-state index in [2.05, 4.69) is 14.9 Å². The Balaban J connectivity index is 1.66. The van der Waals surface area contributed by atoms with E-state index < -0.39 is 12.6 Å². The topological polar surface area (TPSA) is 92.9 Å². The van der Waals surface area contributed by atoms with Gasteiger partial charge < -0.3 is 23.5 Å². The quantitative estimate of drug-likeness (QED) is 0.523. The number of ether oxygens (including phenoxy) is 4. The molecular weight excluding hydrogens is 390 g/mol. The second kappa shape index (κ2) is 9.00. The molecule has 10 heteroatoms. The summed E-state index contributed by atoms with van der Waals surface area (Å²) >= 11 is 0. The molecule has 0 N–H and O–H groups in total. The van der Waals surface area contributed by atoms with Crippen LogP contribution in [0.3, 0.4) is 0 Å². The predicted octanol–water partition coefficient (Wildman–Crippen LogP) is 3.71. The van der Waals surface area contributed by atoms with Crippen molar-refractivity contribution in [2.45, 2.75) is 13.2 Å². The Kier molecular flexibility index (Phi) is 6.22. The Bertz CT molecular complexity index is 992. The number of carbonyl (C=O) groups is 1. The van der Waals surface area contributed by atoms with Crippen LogP contribution < -0.4 is 14.2 Å². The van der Waals surface area contributed by atoms with Gasteiger partial charge in [0.05, 0.1) is 19.8 Å². The fraction of sp³-hybridized carbons (Fsp3) is 0.211. The van der Waals surface area contributed by atoms with Crippen LogP contribution in [0.4, 0.5) is 8.78 Å². The SMILES string of the molecule is COc1cccc(-c2noc(COC(=O)c3ccc(OC(F)F)c(OC)c3)n2)c1. The maximum absolute atomic E-state index is 12.4. The number of nitrogens with zero attached hydrogens (tertiary/aromatic N) is 2. The number of aromatic nitrogens is 2. The van der Waals surface area contributed by atoms with E-state index in [9.17, 15) is 13.6 Å². The second-order valence-corrected chi connectivity index (χ2v) is 5.56. The van der Waals surface area contributed by atoms with Gasteiger partial charge in [-0.1, -0.05) is 17.3 Å². The number of rotatable bonds is 8. The third kappa shape index (κ3) is 4.98. The minimum Gasteiger partial charge on any atom is -0.497 e. The molecule has 2 aromatic carbocycles. The van der Waals surface area contributed by atoms with Crippen molar-refractivity contribution in [1.29, 1.82) is 0 Å². The molecule has 0 bridgehead atoms. The summed E-state index contributed by atoms with van der Waals surface area (Å²) in [5.41, 5.74) is 0.751. The average Bonchev–Trinajstić information content (AvgIpc) is 3.21. The van der Waals surface area contributed by atoms with Crippen molar-refractivity contribution in [3.63, 3.8) is 0 Å². The summed E-state index contributed by atoms with van der Waals surface area (Å²) in [5.74, 6) is 0.0733. The van der Waals surface area contributed by atoms with Crippen LogP contribution in [-0.4, -0.2) is 36.9 Å². The van der Waals surface area contributed by atoms with Crippen molar-refractivity contribution in [3.8, 4) is 28.6 Å². The van der Waals surface area contributed by atoms with Gasteiger partial charge in [0.1, 0.15) is 5.75 Å². The average molecular weight is 406 g/mol. The Morgan fingerprint density at radius 1 is 1.10 bits per heavy atom. The van der Waals surface area contributed by atoms with Gasteiger partial charge in [0, 0.05) is 5.56 Å². The zero-order chi connectivity index (χ0) is 20.8. The third-order valence-corrected chi connectivity index (χ3v) is 3.74. The highest BCUT2D eigenvalue weighted by Crippen LogP contribution is 2.30. The van der Waals surface area contributed by atoms with E-state index in [-0.39, 0.29) is 29.6 Å². The molecule has 3 aromatic rings. The van der Waals surface area contributed by atoms with Crippen LogP contribution >= 0.6 is 0 Å². The van der Waals surface area contributed by atoms with E-state index in [0.717, 1.165) is 0 Å². The molecule has 0 spiro atoms. The minimum absolute atomic E-state index is 0.0298. The Morgan fingerprint density at radius 3 is 2.66 bits per heavy atom. The summed E-state index contributed by atoms with van der Waals surface area (Å²) < 4.78 is 49.4. The van der Waals surface area contributed by atoms with E-state index in [1.807, 2.05) is 0 Å². The van der Waals surface area contributed by atoms with Crippen molar-refractivity contribution in [2.75, 3.05) is 14.2 Å². The molecule has 0 saturated heterocycles. The molecule has 8 nitrogen and oxygen atoms in total. The van der Waals surface area contributed by atoms with Crippen molar-refractivity contribution < 1.29 is 37.0 Å². The van der Waals surface area contributed by atoms with Crippen molar-refractivity contribution in [1.82, 2.24) is 10.1 Å². The first-order valence-electron chi connectivity index (χ1n) is 8.27. The normalized spacial score (nSPS) is 10.7.